The molecule has 0 saturated heterocycles. The molecule has 0 heterocycles. The zero-order valence-electron chi connectivity index (χ0n) is 11.2. The highest BCUT2D eigenvalue weighted by atomic mass is 19.1. The Kier molecular flexibility index (Phi) is 4.66. The molecule has 0 spiro atoms. The molecule has 0 bridgehead atoms. The maximum absolute atomic E-state index is 13.0. The molecule has 2 rings (SSSR count). The summed E-state index contributed by atoms with van der Waals surface area (Å²) in [5.74, 6) is -1.76. The first-order chi connectivity index (χ1) is 10.1. The summed E-state index contributed by atoms with van der Waals surface area (Å²) < 4.78 is 13.0. The molecule has 4 nitrogen and oxygen atoms in total. The van der Waals surface area contributed by atoms with Crippen molar-refractivity contribution in [1.82, 2.24) is 0 Å². The topological polar surface area (TPSA) is 66.4 Å². The summed E-state index contributed by atoms with van der Waals surface area (Å²) in [4.78, 5) is 22.9. The van der Waals surface area contributed by atoms with Crippen molar-refractivity contribution >= 4 is 17.6 Å². The second-order valence-electron chi connectivity index (χ2n) is 4.53. The Morgan fingerprint density at radius 2 is 1.86 bits per heavy atom. The van der Waals surface area contributed by atoms with Crippen molar-refractivity contribution in [3.63, 3.8) is 0 Å². The van der Waals surface area contributed by atoms with Gasteiger partial charge in [-0.05, 0) is 36.2 Å². The minimum absolute atomic E-state index is 0.0385. The molecule has 0 radical (unpaired) electrons. The number of amides is 1. The summed E-state index contributed by atoms with van der Waals surface area (Å²) in [6.07, 6.45) is 0.538. The quantitative estimate of drug-likeness (QED) is 0.888. The van der Waals surface area contributed by atoms with Crippen molar-refractivity contribution in [2.45, 2.75) is 12.8 Å². The molecule has 2 aromatic rings. The number of carboxylic acid groups (broad SMARTS) is 1. The lowest BCUT2D eigenvalue weighted by molar-refractivity contribution is -0.116. The Balaban J connectivity index is 1.98. The number of aryl methyl sites for hydroxylation is 1. The van der Waals surface area contributed by atoms with Crippen LogP contribution in [-0.2, 0) is 11.2 Å². The number of carbonyl (C=O) groups is 2. The van der Waals surface area contributed by atoms with Gasteiger partial charge in [-0.25, -0.2) is 9.18 Å². The number of nitrogens with one attached hydrogen (secondary N) is 1. The molecule has 0 aromatic heterocycles. The molecule has 2 N–H and O–H groups in total. The molecule has 1 amide bonds. The largest absolute Gasteiger partial charge is 0.478 e. The van der Waals surface area contributed by atoms with E-state index in [1.54, 1.807) is 24.3 Å². The fraction of sp³-hybridized carbons (Fsp3) is 0.125. The Morgan fingerprint density at radius 3 is 2.57 bits per heavy atom. The smallest absolute Gasteiger partial charge is 0.337 e. The first kappa shape index (κ1) is 14.7. The van der Waals surface area contributed by atoms with E-state index in [4.69, 9.17) is 5.11 Å². The summed E-state index contributed by atoms with van der Waals surface area (Å²) in [6, 6.07) is 12.2. The third kappa shape index (κ3) is 4.14. The van der Waals surface area contributed by atoms with Crippen LogP contribution in [-0.4, -0.2) is 17.0 Å². The van der Waals surface area contributed by atoms with Crippen LogP contribution in [0.2, 0.25) is 0 Å². The molecule has 5 heteroatoms. The molecule has 0 aliphatic carbocycles. The van der Waals surface area contributed by atoms with Crippen molar-refractivity contribution in [2.24, 2.45) is 0 Å². The van der Waals surface area contributed by atoms with Gasteiger partial charge in [-0.3, -0.25) is 4.79 Å². The van der Waals surface area contributed by atoms with E-state index in [0.29, 0.717) is 6.42 Å². The maximum Gasteiger partial charge on any atom is 0.337 e. The molecule has 2 aromatic carbocycles. The second-order valence-corrected chi connectivity index (χ2v) is 4.53. The lowest BCUT2D eigenvalue weighted by atomic mass is 10.1. The van der Waals surface area contributed by atoms with E-state index < -0.39 is 5.97 Å². The number of hydrogen-bond donors (Lipinski definition) is 2. The van der Waals surface area contributed by atoms with Gasteiger partial charge >= 0.3 is 5.97 Å². The van der Waals surface area contributed by atoms with E-state index in [1.165, 1.54) is 24.3 Å². The van der Waals surface area contributed by atoms with Crippen LogP contribution in [0, 0.1) is 5.82 Å². The molecule has 21 heavy (non-hydrogen) atoms. The van der Waals surface area contributed by atoms with Gasteiger partial charge in [-0.1, -0.05) is 24.3 Å². The standard InChI is InChI=1S/C16H14FNO3/c17-12-5-3-4-11(10-12)8-9-15(19)18-14-7-2-1-6-13(14)16(20)21/h1-7,10H,8-9H2,(H,18,19)(H,20,21). The predicted octanol–water partition coefficient (Wildman–Crippen LogP) is 3.10. The number of carboxylic acids is 1. The number of carbonyl (C=O) groups excluding carboxylic acids is 1. The van der Waals surface area contributed by atoms with Crippen molar-refractivity contribution in [1.29, 1.82) is 0 Å². The van der Waals surface area contributed by atoms with Gasteiger partial charge in [-0.15, -0.1) is 0 Å². The molecule has 0 saturated carbocycles. The van der Waals surface area contributed by atoms with Crippen LogP contribution in [0.5, 0.6) is 0 Å². The second kappa shape index (κ2) is 6.65. The Bertz CT molecular complexity index is 670. The fourth-order valence-electron chi connectivity index (χ4n) is 1.94. The van der Waals surface area contributed by atoms with Gasteiger partial charge in [-0.2, -0.15) is 0 Å². The summed E-state index contributed by atoms with van der Waals surface area (Å²) >= 11 is 0. The number of halogens is 1. The van der Waals surface area contributed by atoms with E-state index in [0.717, 1.165) is 5.56 Å². The third-order valence-electron chi connectivity index (χ3n) is 2.96. The van der Waals surface area contributed by atoms with Crippen LogP contribution in [0.4, 0.5) is 10.1 Å². The van der Waals surface area contributed by atoms with Crippen molar-refractivity contribution in [2.75, 3.05) is 5.32 Å². The zero-order valence-corrected chi connectivity index (χ0v) is 11.2. The van der Waals surface area contributed by atoms with Crippen LogP contribution >= 0.6 is 0 Å². The van der Waals surface area contributed by atoms with Gasteiger partial charge in [0.1, 0.15) is 5.82 Å². The predicted molar refractivity (Wildman–Crippen MR) is 76.8 cm³/mol. The highest BCUT2D eigenvalue weighted by Crippen LogP contribution is 2.15. The average molecular weight is 287 g/mol. The highest BCUT2D eigenvalue weighted by molar-refractivity contribution is 6.00. The summed E-state index contributed by atoms with van der Waals surface area (Å²) in [5, 5.41) is 11.6. The van der Waals surface area contributed by atoms with E-state index in [2.05, 4.69) is 5.32 Å². The van der Waals surface area contributed by atoms with Gasteiger partial charge in [0.05, 0.1) is 11.3 Å². The minimum atomic E-state index is -1.10. The van der Waals surface area contributed by atoms with Crippen LogP contribution in [0.3, 0.4) is 0 Å². The number of rotatable bonds is 5. The first-order valence-electron chi connectivity index (χ1n) is 6.43. The highest BCUT2D eigenvalue weighted by Gasteiger charge is 2.11. The number of para-hydroxylation sites is 1. The van der Waals surface area contributed by atoms with Crippen molar-refractivity contribution in [3.05, 3.63) is 65.5 Å². The lowest BCUT2D eigenvalue weighted by Crippen LogP contribution is -2.15. The lowest BCUT2D eigenvalue weighted by Gasteiger charge is -2.08. The van der Waals surface area contributed by atoms with Gasteiger partial charge in [0, 0.05) is 6.42 Å². The van der Waals surface area contributed by atoms with E-state index in [1.807, 2.05) is 0 Å². The maximum atomic E-state index is 13.0. The van der Waals surface area contributed by atoms with Crippen LogP contribution in [0.25, 0.3) is 0 Å². The Hall–Kier alpha value is -2.69. The number of benzene rings is 2. The minimum Gasteiger partial charge on any atom is -0.478 e. The first-order valence-corrected chi connectivity index (χ1v) is 6.43. The van der Waals surface area contributed by atoms with Crippen LogP contribution < -0.4 is 5.32 Å². The van der Waals surface area contributed by atoms with Crippen molar-refractivity contribution in [3.8, 4) is 0 Å². The Labute approximate surface area is 121 Å². The van der Waals surface area contributed by atoms with Gasteiger partial charge in [0.2, 0.25) is 5.91 Å². The molecule has 0 aliphatic heterocycles. The van der Waals surface area contributed by atoms with Crippen molar-refractivity contribution < 1.29 is 19.1 Å². The molecule has 0 aliphatic rings. The van der Waals surface area contributed by atoms with Crippen LogP contribution in [0.15, 0.2) is 48.5 Å². The monoisotopic (exact) mass is 287 g/mol. The van der Waals surface area contributed by atoms with E-state index >= 15 is 0 Å². The summed E-state index contributed by atoms with van der Waals surface area (Å²) in [6.45, 7) is 0. The molecular formula is C16H14FNO3. The van der Waals surface area contributed by atoms with Gasteiger partial charge < -0.3 is 10.4 Å². The Morgan fingerprint density at radius 1 is 1.10 bits per heavy atom. The van der Waals surface area contributed by atoms with E-state index in [-0.39, 0.29) is 29.4 Å². The number of aromatic carboxylic acids is 1. The summed E-state index contributed by atoms with van der Waals surface area (Å²) in [7, 11) is 0. The van der Waals surface area contributed by atoms with Crippen LogP contribution in [0.1, 0.15) is 22.3 Å². The normalized spacial score (nSPS) is 10.1. The SMILES string of the molecule is O=C(CCc1cccc(F)c1)Nc1ccccc1C(=O)O. The third-order valence-corrected chi connectivity index (χ3v) is 2.96. The molecule has 0 atom stereocenters. The zero-order chi connectivity index (χ0) is 15.2. The number of anilines is 1. The summed E-state index contributed by atoms with van der Waals surface area (Å²) in [5.41, 5.74) is 1.02. The average Bonchev–Trinajstić information content (AvgIpc) is 2.45. The van der Waals surface area contributed by atoms with Gasteiger partial charge in [0.15, 0.2) is 0 Å². The van der Waals surface area contributed by atoms with Gasteiger partial charge in [0.25, 0.3) is 0 Å². The fourth-order valence-corrected chi connectivity index (χ4v) is 1.94. The molecule has 108 valence electrons. The van der Waals surface area contributed by atoms with E-state index in [9.17, 15) is 14.0 Å². The molecule has 0 unspecified atom stereocenters. The number of hydrogen-bond acceptors (Lipinski definition) is 2. The molecule has 0 fully saturated rings. The molecular weight excluding hydrogens is 273 g/mol.